The quantitative estimate of drug-likeness (QED) is 0.314. The van der Waals surface area contributed by atoms with Crippen LogP contribution in [0.15, 0.2) is 77.7 Å². The molecule has 7 nitrogen and oxygen atoms in total. The Morgan fingerprint density at radius 1 is 0.825 bits per heavy atom. The fourth-order valence-corrected chi connectivity index (χ4v) is 6.13. The van der Waals surface area contributed by atoms with Crippen LogP contribution in [0, 0.1) is 20.8 Å². The van der Waals surface area contributed by atoms with Gasteiger partial charge in [0.25, 0.3) is 10.0 Å². The second-order valence-electron chi connectivity index (χ2n) is 10.4. The summed E-state index contributed by atoms with van der Waals surface area (Å²) in [7, 11) is -4.09. The van der Waals surface area contributed by atoms with Crippen LogP contribution in [0.5, 0.6) is 0 Å². The number of hydrogen-bond donors (Lipinski definition) is 1. The first-order valence-corrected chi connectivity index (χ1v) is 15.2. The molecule has 3 rings (SSSR count). The van der Waals surface area contributed by atoms with Gasteiger partial charge in [0.2, 0.25) is 11.8 Å². The number of amides is 2. The Labute approximate surface area is 239 Å². The predicted octanol–water partition coefficient (Wildman–Crippen LogP) is 5.53. The number of carbonyl (C=O) groups is 2. The molecule has 0 radical (unpaired) electrons. The fourth-order valence-electron chi connectivity index (χ4n) is 4.71. The van der Waals surface area contributed by atoms with Gasteiger partial charge in [-0.15, -0.1) is 0 Å². The lowest BCUT2D eigenvalue weighted by molar-refractivity contribution is -0.140. The van der Waals surface area contributed by atoms with Crippen molar-refractivity contribution in [1.82, 2.24) is 10.2 Å². The molecule has 0 unspecified atom stereocenters. The van der Waals surface area contributed by atoms with Gasteiger partial charge >= 0.3 is 0 Å². The Hall–Kier alpha value is -3.65. The van der Waals surface area contributed by atoms with Gasteiger partial charge in [-0.25, -0.2) is 8.42 Å². The van der Waals surface area contributed by atoms with Gasteiger partial charge in [-0.05, 0) is 81.5 Å². The zero-order chi connectivity index (χ0) is 29.4. The van der Waals surface area contributed by atoms with E-state index in [1.807, 2.05) is 71.9 Å². The third-order valence-corrected chi connectivity index (χ3v) is 8.71. The van der Waals surface area contributed by atoms with Crippen LogP contribution in [0.4, 0.5) is 5.69 Å². The molecule has 0 spiro atoms. The van der Waals surface area contributed by atoms with E-state index in [2.05, 4.69) is 5.32 Å². The number of benzene rings is 3. The second kappa shape index (κ2) is 13.6. The molecule has 0 heterocycles. The van der Waals surface area contributed by atoms with Gasteiger partial charge in [0, 0.05) is 12.6 Å². The van der Waals surface area contributed by atoms with E-state index in [9.17, 15) is 18.0 Å². The molecule has 1 N–H and O–H groups in total. The molecule has 0 saturated heterocycles. The zero-order valence-electron chi connectivity index (χ0n) is 24.3. The second-order valence-corrected chi connectivity index (χ2v) is 12.3. The van der Waals surface area contributed by atoms with Crippen LogP contribution in [-0.4, -0.2) is 43.8 Å². The molecular weight excluding hydrogens is 522 g/mol. The van der Waals surface area contributed by atoms with Crippen molar-refractivity contribution >= 4 is 27.5 Å². The third-order valence-electron chi connectivity index (χ3n) is 6.93. The third kappa shape index (κ3) is 7.72. The minimum absolute atomic E-state index is 0.0531. The molecule has 214 valence electrons. The average molecular weight is 564 g/mol. The molecule has 0 aliphatic heterocycles. The lowest BCUT2D eigenvalue weighted by Gasteiger charge is -2.34. The standard InChI is InChI=1S/C32H41N3O4S/c1-7-26(6)33-32(37)30(8-2)34(21-27-14-12-13-23(3)18-27)31(36)22-35(28-19-24(4)17-25(5)20-28)40(38,39)29-15-10-9-11-16-29/h9-20,26,30H,7-8,21-22H2,1-6H3,(H,33,37)/t26-,30-/m1/s1. The van der Waals surface area contributed by atoms with Gasteiger partial charge < -0.3 is 10.2 Å². The van der Waals surface area contributed by atoms with Crippen molar-refractivity contribution in [2.24, 2.45) is 0 Å². The van der Waals surface area contributed by atoms with Gasteiger partial charge in [-0.2, -0.15) is 0 Å². The van der Waals surface area contributed by atoms with E-state index in [-0.39, 0.29) is 23.4 Å². The Morgan fingerprint density at radius 2 is 1.48 bits per heavy atom. The van der Waals surface area contributed by atoms with E-state index in [0.717, 1.165) is 33.0 Å². The highest BCUT2D eigenvalue weighted by atomic mass is 32.2. The summed E-state index contributed by atoms with van der Waals surface area (Å²) >= 11 is 0. The van der Waals surface area contributed by atoms with E-state index < -0.39 is 28.5 Å². The average Bonchev–Trinajstić information content (AvgIpc) is 2.91. The van der Waals surface area contributed by atoms with Crippen LogP contribution in [0.3, 0.4) is 0 Å². The largest absolute Gasteiger partial charge is 0.352 e. The molecule has 0 aliphatic rings. The molecule has 2 atom stereocenters. The summed E-state index contributed by atoms with van der Waals surface area (Å²) in [6, 6.07) is 20.5. The maximum absolute atomic E-state index is 14.2. The van der Waals surface area contributed by atoms with Crippen LogP contribution in [-0.2, 0) is 26.2 Å². The van der Waals surface area contributed by atoms with Crippen molar-refractivity contribution in [2.75, 3.05) is 10.8 Å². The number of nitrogens with one attached hydrogen (secondary N) is 1. The summed E-state index contributed by atoms with van der Waals surface area (Å²) < 4.78 is 29.1. The van der Waals surface area contributed by atoms with Gasteiger partial charge in [-0.3, -0.25) is 13.9 Å². The Bertz CT molecular complexity index is 1400. The normalized spacial score (nSPS) is 12.8. The fraction of sp³-hybridized carbons (Fsp3) is 0.375. The highest BCUT2D eigenvalue weighted by Crippen LogP contribution is 2.27. The zero-order valence-corrected chi connectivity index (χ0v) is 25.2. The minimum Gasteiger partial charge on any atom is -0.352 e. The monoisotopic (exact) mass is 563 g/mol. The highest BCUT2D eigenvalue weighted by molar-refractivity contribution is 7.92. The molecular formula is C32H41N3O4S. The van der Waals surface area contributed by atoms with Crippen molar-refractivity contribution in [3.63, 3.8) is 0 Å². The first-order chi connectivity index (χ1) is 19.0. The lowest BCUT2D eigenvalue weighted by atomic mass is 10.1. The summed E-state index contributed by atoms with van der Waals surface area (Å²) in [4.78, 5) is 29.1. The maximum Gasteiger partial charge on any atom is 0.264 e. The van der Waals surface area contributed by atoms with Crippen molar-refractivity contribution in [3.05, 3.63) is 95.1 Å². The van der Waals surface area contributed by atoms with E-state index in [1.165, 1.54) is 17.0 Å². The Balaban J connectivity index is 2.08. The number of sulfonamides is 1. The van der Waals surface area contributed by atoms with Gasteiger partial charge in [0.1, 0.15) is 12.6 Å². The lowest BCUT2D eigenvalue weighted by Crippen LogP contribution is -2.53. The Morgan fingerprint density at radius 3 is 2.05 bits per heavy atom. The SMILES string of the molecule is CC[C@@H](C)NC(=O)[C@@H](CC)N(Cc1cccc(C)c1)C(=O)CN(c1cc(C)cc(C)c1)S(=O)(=O)c1ccccc1. The minimum atomic E-state index is -4.09. The van der Waals surface area contributed by atoms with Crippen LogP contribution in [0.25, 0.3) is 0 Å². The van der Waals surface area contributed by atoms with Gasteiger partial charge in [0.15, 0.2) is 0 Å². The molecule has 8 heteroatoms. The summed E-state index contributed by atoms with van der Waals surface area (Å²) in [6.45, 7) is 11.3. The topological polar surface area (TPSA) is 86.8 Å². The molecule has 3 aromatic carbocycles. The smallest absolute Gasteiger partial charge is 0.264 e. The number of nitrogens with zero attached hydrogens (tertiary/aromatic N) is 2. The first kappa shape index (κ1) is 30.9. The number of rotatable bonds is 12. The van der Waals surface area contributed by atoms with E-state index >= 15 is 0 Å². The molecule has 0 aliphatic carbocycles. The van der Waals surface area contributed by atoms with Crippen LogP contribution in [0.1, 0.15) is 55.9 Å². The summed E-state index contributed by atoms with van der Waals surface area (Å²) in [5.41, 5.74) is 4.07. The number of aryl methyl sites for hydroxylation is 3. The molecule has 0 bridgehead atoms. The molecule has 0 saturated carbocycles. The van der Waals surface area contributed by atoms with Crippen LogP contribution in [0.2, 0.25) is 0 Å². The van der Waals surface area contributed by atoms with Crippen molar-refractivity contribution in [3.8, 4) is 0 Å². The highest BCUT2D eigenvalue weighted by Gasteiger charge is 2.34. The van der Waals surface area contributed by atoms with Crippen LogP contribution < -0.4 is 9.62 Å². The van der Waals surface area contributed by atoms with Crippen molar-refractivity contribution in [1.29, 1.82) is 0 Å². The van der Waals surface area contributed by atoms with E-state index in [1.54, 1.807) is 30.3 Å². The summed E-state index contributed by atoms with van der Waals surface area (Å²) in [6.07, 6.45) is 1.14. The van der Waals surface area contributed by atoms with E-state index in [4.69, 9.17) is 0 Å². The molecule has 0 aromatic heterocycles. The number of hydrogen-bond acceptors (Lipinski definition) is 4. The van der Waals surface area contributed by atoms with E-state index in [0.29, 0.717) is 12.1 Å². The van der Waals surface area contributed by atoms with Crippen molar-refractivity contribution < 1.29 is 18.0 Å². The van der Waals surface area contributed by atoms with Crippen LogP contribution >= 0.6 is 0 Å². The molecule has 0 fully saturated rings. The van der Waals surface area contributed by atoms with Gasteiger partial charge in [0.05, 0.1) is 10.6 Å². The van der Waals surface area contributed by atoms with Crippen molar-refractivity contribution in [2.45, 2.75) is 77.9 Å². The van der Waals surface area contributed by atoms with Gasteiger partial charge in [-0.1, -0.05) is 67.9 Å². The molecule has 40 heavy (non-hydrogen) atoms. The Kier molecular flexibility index (Phi) is 10.5. The molecule has 3 aromatic rings. The first-order valence-electron chi connectivity index (χ1n) is 13.8. The predicted molar refractivity (Wildman–Crippen MR) is 161 cm³/mol. The summed E-state index contributed by atoms with van der Waals surface area (Å²) in [5, 5.41) is 3.00. The molecule has 2 amide bonds. The maximum atomic E-state index is 14.2. The number of carbonyl (C=O) groups excluding carboxylic acids is 2. The summed E-state index contributed by atoms with van der Waals surface area (Å²) in [5.74, 6) is -0.701. The number of anilines is 1.